The summed E-state index contributed by atoms with van der Waals surface area (Å²) < 4.78 is 9.94. The number of hydrogen-bond donors (Lipinski definition) is 3. The molecular weight excluding hydrogens is 292 g/mol. The van der Waals surface area contributed by atoms with Crippen LogP contribution >= 0.6 is 0 Å². The van der Waals surface area contributed by atoms with Crippen LogP contribution in [-0.4, -0.2) is 47.4 Å². The van der Waals surface area contributed by atoms with Crippen LogP contribution < -0.4 is 5.32 Å². The second kappa shape index (κ2) is 7.62. The number of rotatable bonds is 4. The van der Waals surface area contributed by atoms with Crippen LogP contribution in [0.3, 0.4) is 0 Å². The molecule has 1 aromatic carbocycles. The molecule has 9 nitrogen and oxygen atoms in total. The van der Waals surface area contributed by atoms with E-state index in [1.807, 2.05) is 18.2 Å². The zero-order valence-electron chi connectivity index (χ0n) is 11.6. The maximum Gasteiger partial charge on any atom is 0.407 e. The minimum Gasteiger partial charge on any atom is -0.445 e. The van der Waals surface area contributed by atoms with Crippen LogP contribution in [0.2, 0.25) is 0 Å². The highest BCUT2D eigenvalue weighted by Gasteiger charge is 2.39. The van der Waals surface area contributed by atoms with Crippen LogP contribution in [0, 0.1) is 0 Å². The molecule has 0 bridgehead atoms. The van der Waals surface area contributed by atoms with Crippen LogP contribution in [0.5, 0.6) is 0 Å². The van der Waals surface area contributed by atoms with E-state index in [9.17, 15) is 15.0 Å². The lowest BCUT2D eigenvalue weighted by Crippen LogP contribution is -2.59. The van der Waals surface area contributed by atoms with Gasteiger partial charge in [0.1, 0.15) is 12.6 Å². The molecular formula is C13H16N4O5. The van der Waals surface area contributed by atoms with Gasteiger partial charge in [-0.05, 0) is 11.1 Å². The first-order valence-corrected chi connectivity index (χ1v) is 6.61. The van der Waals surface area contributed by atoms with Gasteiger partial charge in [0.2, 0.25) is 0 Å². The molecule has 118 valence electrons. The summed E-state index contributed by atoms with van der Waals surface area (Å²) in [6.07, 6.45) is -3.51. The fourth-order valence-corrected chi connectivity index (χ4v) is 2.03. The topological polar surface area (TPSA) is 137 Å². The average molecular weight is 308 g/mol. The third-order valence-corrected chi connectivity index (χ3v) is 3.20. The summed E-state index contributed by atoms with van der Waals surface area (Å²) in [5.74, 6) is 0. The van der Waals surface area contributed by atoms with Crippen molar-refractivity contribution in [2.24, 2.45) is 5.11 Å². The van der Waals surface area contributed by atoms with E-state index in [-0.39, 0.29) is 13.2 Å². The van der Waals surface area contributed by atoms with Gasteiger partial charge in [0.05, 0.1) is 18.8 Å². The Labute approximate surface area is 126 Å². The number of carbonyl (C=O) groups is 1. The van der Waals surface area contributed by atoms with E-state index in [0.717, 1.165) is 5.56 Å². The smallest absolute Gasteiger partial charge is 0.407 e. The fourth-order valence-electron chi connectivity index (χ4n) is 2.03. The van der Waals surface area contributed by atoms with E-state index < -0.39 is 30.6 Å². The monoisotopic (exact) mass is 308 g/mol. The van der Waals surface area contributed by atoms with Gasteiger partial charge in [-0.2, -0.15) is 0 Å². The van der Waals surface area contributed by atoms with E-state index in [2.05, 4.69) is 15.3 Å². The lowest BCUT2D eigenvalue weighted by atomic mass is 10.0. The summed E-state index contributed by atoms with van der Waals surface area (Å²) in [5.41, 5.74) is 9.19. The van der Waals surface area contributed by atoms with Gasteiger partial charge in [-0.1, -0.05) is 35.4 Å². The van der Waals surface area contributed by atoms with E-state index in [1.165, 1.54) is 0 Å². The van der Waals surface area contributed by atoms with Gasteiger partial charge in [0.25, 0.3) is 0 Å². The number of alkyl carbamates (subject to hydrolysis) is 1. The minimum atomic E-state index is -1.41. The summed E-state index contributed by atoms with van der Waals surface area (Å²) in [6, 6.07) is 7.00. The Morgan fingerprint density at radius 1 is 1.45 bits per heavy atom. The second-order valence-corrected chi connectivity index (χ2v) is 4.72. The van der Waals surface area contributed by atoms with Gasteiger partial charge in [-0.25, -0.2) is 4.79 Å². The number of aliphatic hydroxyl groups is 2. The van der Waals surface area contributed by atoms with Crippen LogP contribution in [0.1, 0.15) is 5.56 Å². The van der Waals surface area contributed by atoms with E-state index >= 15 is 0 Å². The first kappa shape index (κ1) is 16.1. The standard InChI is InChI=1S/C13H16N4O5/c14-17-16-9-7-21-12(19)10(11(9)18)15-13(20)22-6-8-4-2-1-3-5-8/h1-5,9-12,18-19H,6-7H2,(H,15,20)/t9-,10+,11-,12+/m0/s1. The van der Waals surface area contributed by atoms with E-state index in [4.69, 9.17) is 15.0 Å². The summed E-state index contributed by atoms with van der Waals surface area (Å²) >= 11 is 0. The van der Waals surface area contributed by atoms with Gasteiger partial charge in [0.15, 0.2) is 6.29 Å². The molecule has 22 heavy (non-hydrogen) atoms. The predicted octanol–water partition coefficient (Wildman–Crippen LogP) is 0.670. The maximum absolute atomic E-state index is 11.7. The molecule has 1 heterocycles. The molecule has 0 aliphatic carbocycles. The van der Waals surface area contributed by atoms with Crippen molar-refractivity contribution in [1.29, 1.82) is 0 Å². The van der Waals surface area contributed by atoms with E-state index in [1.54, 1.807) is 12.1 Å². The van der Waals surface area contributed by atoms with Crippen LogP contribution in [0.4, 0.5) is 4.79 Å². The number of carbonyl (C=O) groups excluding carboxylic acids is 1. The number of ether oxygens (including phenoxy) is 2. The van der Waals surface area contributed by atoms with Crippen molar-refractivity contribution < 1.29 is 24.5 Å². The number of hydrogen-bond acceptors (Lipinski definition) is 6. The van der Waals surface area contributed by atoms with Crippen molar-refractivity contribution in [2.75, 3.05) is 6.61 Å². The number of benzene rings is 1. The minimum absolute atomic E-state index is 0.0478. The number of nitrogens with one attached hydrogen (secondary N) is 1. The Balaban J connectivity index is 1.90. The van der Waals surface area contributed by atoms with Gasteiger partial charge < -0.3 is 25.0 Å². The zero-order valence-corrected chi connectivity index (χ0v) is 11.6. The highest BCUT2D eigenvalue weighted by Crippen LogP contribution is 2.17. The molecule has 0 spiro atoms. The molecule has 3 N–H and O–H groups in total. The lowest BCUT2D eigenvalue weighted by Gasteiger charge is -2.35. The normalized spacial score (nSPS) is 27.5. The van der Waals surface area contributed by atoms with Crippen molar-refractivity contribution >= 4 is 6.09 Å². The average Bonchev–Trinajstić information content (AvgIpc) is 2.53. The Morgan fingerprint density at radius 2 is 2.18 bits per heavy atom. The third kappa shape index (κ3) is 4.09. The molecule has 1 fully saturated rings. The van der Waals surface area contributed by atoms with Crippen molar-refractivity contribution in [2.45, 2.75) is 31.1 Å². The van der Waals surface area contributed by atoms with Crippen LogP contribution in [0.25, 0.3) is 10.4 Å². The van der Waals surface area contributed by atoms with E-state index in [0.29, 0.717) is 0 Å². The number of nitrogens with zero attached hydrogens (tertiary/aromatic N) is 3. The molecule has 1 saturated heterocycles. The van der Waals surface area contributed by atoms with Gasteiger partial charge >= 0.3 is 6.09 Å². The lowest BCUT2D eigenvalue weighted by molar-refractivity contribution is -0.178. The molecule has 4 atom stereocenters. The molecule has 1 aliphatic heterocycles. The molecule has 1 aromatic rings. The summed E-state index contributed by atoms with van der Waals surface area (Å²) in [5, 5.41) is 25.3. The number of aliphatic hydroxyl groups excluding tert-OH is 2. The number of azide groups is 1. The molecule has 0 saturated carbocycles. The Hall–Kier alpha value is -2.32. The molecule has 9 heteroatoms. The zero-order chi connectivity index (χ0) is 15.9. The second-order valence-electron chi connectivity index (χ2n) is 4.72. The van der Waals surface area contributed by atoms with Crippen LogP contribution in [-0.2, 0) is 16.1 Å². The van der Waals surface area contributed by atoms with Gasteiger partial charge in [-0.15, -0.1) is 0 Å². The fraction of sp³-hybridized carbons (Fsp3) is 0.462. The summed E-state index contributed by atoms with van der Waals surface area (Å²) in [7, 11) is 0. The predicted molar refractivity (Wildman–Crippen MR) is 74.5 cm³/mol. The third-order valence-electron chi connectivity index (χ3n) is 3.20. The number of amides is 1. The molecule has 1 amide bonds. The SMILES string of the molecule is [N-]=[N+]=N[C@H]1CO[C@@H](O)[C@H](NC(=O)OCc2ccccc2)[C@H]1O. The van der Waals surface area contributed by atoms with Crippen molar-refractivity contribution in [3.05, 3.63) is 46.3 Å². The summed E-state index contributed by atoms with van der Waals surface area (Å²) in [6.45, 7) is -0.0874. The quantitative estimate of drug-likeness (QED) is 0.426. The van der Waals surface area contributed by atoms with Gasteiger partial charge in [0, 0.05) is 4.91 Å². The first-order chi connectivity index (χ1) is 10.6. The maximum atomic E-state index is 11.7. The first-order valence-electron chi connectivity index (χ1n) is 6.61. The van der Waals surface area contributed by atoms with Crippen molar-refractivity contribution in [3.8, 4) is 0 Å². The van der Waals surface area contributed by atoms with Crippen LogP contribution in [0.15, 0.2) is 35.4 Å². The highest BCUT2D eigenvalue weighted by molar-refractivity contribution is 5.67. The largest absolute Gasteiger partial charge is 0.445 e. The van der Waals surface area contributed by atoms with Gasteiger partial charge in [-0.3, -0.25) is 0 Å². The highest BCUT2D eigenvalue weighted by atomic mass is 16.6. The van der Waals surface area contributed by atoms with Crippen molar-refractivity contribution in [1.82, 2.24) is 5.32 Å². The molecule has 2 rings (SSSR count). The molecule has 0 aromatic heterocycles. The Kier molecular flexibility index (Phi) is 5.56. The Morgan fingerprint density at radius 3 is 2.86 bits per heavy atom. The molecule has 0 unspecified atom stereocenters. The molecule has 1 aliphatic rings. The summed E-state index contributed by atoms with van der Waals surface area (Å²) in [4.78, 5) is 14.3. The van der Waals surface area contributed by atoms with Crippen molar-refractivity contribution in [3.63, 3.8) is 0 Å². The Bertz CT molecular complexity index is 549. The molecule has 0 radical (unpaired) electrons.